The molecule has 3 aromatic carbocycles. The van der Waals surface area contributed by atoms with E-state index in [2.05, 4.69) is 28.1 Å². The predicted octanol–water partition coefficient (Wildman–Crippen LogP) is 6.03. The van der Waals surface area contributed by atoms with Gasteiger partial charge in [0.05, 0.1) is 27.5 Å². The number of nitrogens with one attached hydrogen (secondary N) is 1. The molecule has 0 spiro atoms. The zero-order valence-electron chi connectivity index (χ0n) is 25.4. The Morgan fingerprint density at radius 3 is 2.96 bits per heavy atom. The van der Waals surface area contributed by atoms with Gasteiger partial charge in [-0.2, -0.15) is 9.97 Å². The van der Waals surface area contributed by atoms with Gasteiger partial charge < -0.3 is 24.8 Å². The van der Waals surface area contributed by atoms with Crippen molar-refractivity contribution < 1.29 is 19.0 Å². The first-order valence-corrected chi connectivity index (χ1v) is 16.8. The van der Waals surface area contributed by atoms with Crippen molar-refractivity contribution in [3.8, 4) is 28.6 Å². The van der Waals surface area contributed by atoms with E-state index in [1.54, 1.807) is 12.1 Å². The van der Waals surface area contributed by atoms with Crippen molar-refractivity contribution in [2.24, 2.45) is 0 Å². The molecule has 0 radical (unpaired) electrons. The lowest BCUT2D eigenvalue weighted by Crippen LogP contribution is -2.60. The summed E-state index contributed by atoms with van der Waals surface area (Å²) in [5.74, 6) is 1.52. The fourth-order valence-electron chi connectivity index (χ4n) is 8.95. The molecule has 4 unspecified atom stereocenters. The van der Waals surface area contributed by atoms with Gasteiger partial charge in [-0.3, -0.25) is 4.90 Å². The lowest BCUT2D eigenvalue weighted by molar-refractivity contribution is 0.107. The number of phenols is 1. The van der Waals surface area contributed by atoms with Gasteiger partial charge in [-0.25, -0.2) is 4.39 Å². The van der Waals surface area contributed by atoms with Crippen LogP contribution in [-0.4, -0.2) is 82.7 Å². The Kier molecular flexibility index (Phi) is 6.38. The van der Waals surface area contributed by atoms with Crippen LogP contribution in [0.15, 0.2) is 36.4 Å². The number of hydrogen-bond donors (Lipinski definition) is 2. The third-order valence-corrected chi connectivity index (χ3v) is 11.4. The number of rotatable bonds is 5. The van der Waals surface area contributed by atoms with E-state index in [9.17, 15) is 9.50 Å². The molecule has 5 atom stereocenters. The Balaban J connectivity index is 1.23. The minimum absolute atomic E-state index is 0.0842. The number of anilines is 1. The second-order valence-corrected chi connectivity index (χ2v) is 14.0. The SMILES string of the molecule is CCc1cccc2cc(O)cc(-c3cc4nc(OCC56CCCN5C[C@H](F)C6)nc5c4c(c3Cl)OCC3C4CCC(CN53)N4)c12. The molecular formula is C35H37ClFN5O3. The molecule has 10 heteroatoms. The first kappa shape index (κ1) is 27.9. The van der Waals surface area contributed by atoms with E-state index < -0.39 is 6.17 Å². The first-order valence-electron chi connectivity index (χ1n) is 16.4. The molecule has 2 bridgehead atoms. The number of aromatic hydroxyl groups is 1. The van der Waals surface area contributed by atoms with Crippen LogP contribution in [0.2, 0.25) is 5.02 Å². The Bertz CT molecular complexity index is 1860. The van der Waals surface area contributed by atoms with E-state index in [0.29, 0.717) is 60.6 Å². The third kappa shape index (κ3) is 4.30. The van der Waals surface area contributed by atoms with Crippen molar-refractivity contribution in [3.05, 3.63) is 47.0 Å². The highest BCUT2D eigenvalue weighted by atomic mass is 35.5. The summed E-state index contributed by atoms with van der Waals surface area (Å²) < 4.78 is 27.7. The van der Waals surface area contributed by atoms with Crippen LogP contribution < -0.4 is 19.7 Å². The summed E-state index contributed by atoms with van der Waals surface area (Å²) in [7, 11) is 0. The zero-order chi connectivity index (χ0) is 30.4. The highest BCUT2D eigenvalue weighted by Gasteiger charge is 2.50. The Hall–Kier alpha value is -3.40. The van der Waals surface area contributed by atoms with Crippen molar-refractivity contribution in [1.29, 1.82) is 0 Å². The van der Waals surface area contributed by atoms with Gasteiger partial charge in [0.2, 0.25) is 0 Å². The van der Waals surface area contributed by atoms with E-state index >= 15 is 0 Å². The molecule has 45 heavy (non-hydrogen) atoms. The van der Waals surface area contributed by atoms with Crippen LogP contribution in [0.3, 0.4) is 0 Å². The molecule has 5 aliphatic rings. The number of halogens is 2. The Labute approximate surface area is 266 Å². The fraction of sp³-hybridized carbons (Fsp3) is 0.486. The second-order valence-electron chi connectivity index (χ2n) is 13.6. The van der Waals surface area contributed by atoms with Crippen molar-refractivity contribution >= 4 is 39.1 Å². The second kappa shape index (κ2) is 10.3. The maximum absolute atomic E-state index is 14.6. The molecule has 1 aromatic heterocycles. The van der Waals surface area contributed by atoms with Crippen LogP contribution in [0.25, 0.3) is 32.8 Å². The van der Waals surface area contributed by atoms with Gasteiger partial charge in [-0.1, -0.05) is 36.7 Å². The molecule has 9 rings (SSSR count). The van der Waals surface area contributed by atoms with Gasteiger partial charge in [-0.15, -0.1) is 0 Å². The zero-order valence-corrected chi connectivity index (χ0v) is 26.1. The molecule has 0 aliphatic carbocycles. The molecular weight excluding hydrogens is 593 g/mol. The smallest absolute Gasteiger partial charge is 0.319 e. The fourth-order valence-corrected chi connectivity index (χ4v) is 9.26. The monoisotopic (exact) mass is 629 g/mol. The van der Waals surface area contributed by atoms with E-state index in [1.807, 2.05) is 18.2 Å². The number of aryl methyl sites for hydroxylation is 1. The van der Waals surface area contributed by atoms with E-state index in [-0.39, 0.29) is 17.3 Å². The van der Waals surface area contributed by atoms with Gasteiger partial charge >= 0.3 is 6.01 Å². The molecule has 6 heterocycles. The average Bonchev–Trinajstić information content (AvgIpc) is 3.66. The molecule has 2 N–H and O–H groups in total. The van der Waals surface area contributed by atoms with E-state index in [1.165, 1.54) is 5.56 Å². The number of fused-ring (bicyclic) bond motifs is 7. The van der Waals surface area contributed by atoms with Crippen LogP contribution in [0.1, 0.15) is 44.6 Å². The Morgan fingerprint density at radius 2 is 2.07 bits per heavy atom. The maximum atomic E-state index is 14.6. The number of benzene rings is 3. The number of ether oxygens (including phenoxy) is 2. The number of nitrogens with zero attached hydrogens (tertiary/aromatic N) is 4. The lowest BCUT2D eigenvalue weighted by atomic mass is 9.92. The third-order valence-electron chi connectivity index (χ3n) is 11.0. The number of piperazine rings is 1. The van der Waals surface area contributed by atoms with Crippen molar-refractivity contribution in [3.63, 3.8) is 0 Å². The van der Waals surface area contributed by atoms with Gasteiger partial charge in [0.1, 0.15) is 31.0 Å². The summed E-state index contributed by atoms with van der Waals surface area (Å²) in [6, 6.07) is 12.8. The van der Waals surface area contributed by atoms with Gasteiger partial charge in [0.15, 0.2) is 5.75 Å². The van der Waals surface area contributed by atoms with E-state index in [0.717, 1.165) is 78.3 Å². The molecule has 4 aromatic rings. The number of hydrogen-bond acceptors (Lipinski definition) is 8. The quantitative estimate of drug-likeness (QED) is 0.277. The van der Waals surface area contributed by atoms with Crippen molar-refractivity contribution in [2.75, 3.05) is 37.7 Å². The normalized spacial score (nSPS) is 28.7. The summed E-state index contributed by atoms with van der Waals surface area (Å²) in [5.41, 5.74) is 3.11. The highest BCUT2D eigenvalue weighted by Crippen LogP contribution is 2.50. The van der Waals surface area contributed by atoms with Crippen LogP contribution in [0, 0.1) is 0 Å². The highest BCUT2D eigenvalue weighted by molar-refractivity contribution is 6.37. The first-order chi connectivity index (χ1) is 21.9. The number of alkyl halides is 1. The minimum Gasteiger partial charge on any atom is -0.508 e. The average molecular weight is 630 g/mol. The predicted molar refractivity (Wildman–Crippen MR) is 174 cm³/mol. The van der Waals surface area contributed by atoms with Crippen molar-refractivity contribution in [1.82, 2.24) is 20.2 Å². The Morgan fingerprint density at radius 1 is 1.16 bits per heavy atom. The minimum atomic E-state index is -0.831. The number of phenolic OH excluding ortho intramolecular Hbond substituents is 1. The topological polar surface area (TPSA) is 83.0 Å². The van der Waals surface area contributed by atoms with E-state index in [4.69, 9.17) is 31.0 Å². The summed E-state index contributed by atoms with van der Waals surface area (Å²) in [6.45, 7) is 5.14. The molecule has 234 valence electrons. The largest absolute Gasteiger partial charge is 0.508 e. The summed E-state index contributed by atoms with van der Waals surface area (Å²) in [5, 5.41) is 17.8. The molecule has 0 saturated carbocycles. The lowest BCUT2D eigenvalue weighted by Gasteiger charge is -2.40. The van der Waals surface area contributed by atoms with Crippen LogP contribution >= 0.6 is 11.6 Å². The van der Waals surface area contributed by atoms with Gasteiger partial charge in [0.25, 0.3) is 0 Å². The molecule has 4 saturated heterocycles. The maximum Gasteiger partial charge on any atom is 0.319 e. The molecule has 5 aliphatic heterocycles. The van der Waals surface area contributed by atoms with Crippen molar-refractivity contribution in [2.45, 2.75) is 75.3 Å². The van der Waals surface area contributed by atoms with Gasteiger partial charge in [-0.05, 0) is 78.7 Å². The van der Waals surface area contributed by atoms with Gasteiger partial charge in [0, 0.05) is 37.2 Å². The standard InChI is InChI=1S/C35H37ClFN5O3/c1-2-19-5-3-6-20-11-23(43)12-24(29(19)20)25-13-27-30-32(31(25)36)44-17-28-26-8-7-22(38-26)16-42(28)33(30)40-34(39-27)45-18-35-9-4-10-41(35)15-21(37)14-35/h3,5-6,11-13,21-22,26,28,38,43H,2,4,7-10,14-18H2,1H3/t21-,22?,26?,28?,35?/m1/s1. The van der Waals surface area contributed by atoms with Crippen LogP contribution in [0.5, 0.6) is 17.5 Å². The number of aromatic nitrogens is 2. The molecule has 0 amide bonds. The molecule has 8 nitrogen and oxygen atoms in total. The summed E-state index contributed by atoms with van der Waals surface area (Å²) >= 11 is 7.32. The van der Waals surface area contributed by atoms with Crippen LogP contribution in [0.4, 0.5) is 10.2 Å². The summed E-state index contributed by atoms with van der Waals surface area (Å²) in [4.78, 5) is 14.7. The van der Waals surface area contributed by atoms with Crippen LogP contribution in [-0.2, 0) is 6.42 Å². The molecule has 4 fully saturated rings. The summed E-state index contributed by atoms with van der Waals surface area (Å²) in [6.07, 6.45) is 4.65.